The molecule has 0 fully saturated rings. The highest BCUT2D eigenvalue weighted by molar-refractivity contribution is 7.92. The van der Waals surface area contributed by atoms with Crippen LogP contribution in [-0.2, 0) is 26.2 Å². The lowest BCUT2D eigenvalue weighted by Crippen LogP contribution is -2.51. The van der Waals surface area contributed by atoms with Gasteiger partial charge in [-0.2, -0.15) is 0 Å². The second kappa shape index (κ2) is 10.1. The van der Waals surface area contributed by atoms with E-state index in [0.717, 1.165) is 11.1 Å². The van der Waals surface area contributed by atoms with Crippen molar-refractivity contribution >= 4 is 21.6 Å². The standard InChI is InChI=1S/C25H26N2O5S/c1-19-12-13-23-22(16-19)27(33(29,30)21-10-6-3-7-11-21)17-24(32-23)25(28)26-14-15-31-18-20-8-4-2-5-9-20/h2-13,16,24H,14-15,17-18H2,1H3,(H,26,28)/t24-/m1/s1. The zero-order valence-corrected chi connectivity index (χ0v) is 19.1. The number of benzene rings is 3. The molecule has 8 heteroatoms. The van der Waals surface area contributed by atoms with Gasteiger partial charge in [0.2, 0.25) is 0 Å². The van der Waals surface area contributed by atoms with Gasteiger partial charge < -0.3 is 14.8 Å². The van der Waals surface area contributed by atoms with Crippen molar-refractivity contribution in [2.45, 2.75) is 24.5 Å². The molecule has 1 N–H and O–H groups in total. The van der Waals surface area contributed by atoms with Gasteiger partial charge >= 0.3 is 0 Å². The quantitative estimate of drug-likeness (QED) is 0.515. The molecule has 4 rings (SSSR count). The topological polar surface area (TPSA) is 84.9 Å². The molecule has 1 aliphatic heterocycles. The Balaban J connectivity index is 1.44. The third-order valence-electron chi connectivity index (χ3n) is 5.26. The summed E-state index contributed by atoms with van der Waals surface area (Å²) >= 11 is 0. The number of anilines is 1. The summed E-state index contributed by atoms with van der Waals surface area (Å²) in [6, 6.07) is 23.2. The van der Waals surface area contributed by atoms with E-state index in [1.807, 2.05) is 43.3 Å². The van der Waals surface area contributed by atoms with Crippen LogP contribution >= 0.6 is 0 Å². The molecule has 33 heavy (non-hydrogen) atoms. The van der Waals surface area contributed by atoms with Gasteiger partial charge in [0.25, 0.3) is 15.9 Å². The van der Waals surface area contributed by atoms with Crippen LogP contribution in [0.25, 0.3) is 0 Å². The Morgan fingerprint density at radius 1 is 1.06 bits per heavy atom. The maximum absolute atomic E-state index is 13.4. The van der Waals surface area contributed by atoms with Crippen molar-refractivity contribution < 1.29 is 22.7 Å². The van der Waals surface area contributed by atoms with Crippen LogP contribution in [0.1, 0.15) is 11.1 Å². The predicted octanol–water partition coefficient (Wildman–Crippen LogP) is 3.28. The number of nitrogens with zero attached hydrogens (tertiary/aromatic N) is 1. The Morgan fingerprint density at radius 3 is 2.48 bits per heavy atom. The molecule has 1 atom stereocenters. The minimum atomic E-state index is -3.87. The first-order valence-corrected chi connectivity index (χ1v) is 12.1. The van der Waals surface area contributed by atoms with Crippen LogP contribution in [0.3, 0.4) is 0 Å². The number of hydrogen-bond acceptors (Lipinski definition) is 5. The van der Waals surface area contributed by atoms with E-state index in [1.54, 1.807) is 42.5 Å². The van der Waals surface area contributed by atoms with E-state index in [-0.39, 0.29) is 18.0 Å². The summed E-state index contributed by atoms with van der Waals surface area (Å²) in [6.07, 6.45) is -0.979. The monoisotopic (exact) mass is 466 g/mol. The Labute approximate surface area is 194 Å². The van der Waals surface area contributed by atoms with Gasteiger partial charge in [0.1, 0.15) is 5.75 Å². The Morgan fingerprint density at radius 2 is 1.76 bits per heavy atom. The zero-order chi connectivity index (χ0) is 23.3. The summed E-state index contributed by atoms with van der Waals surface area (Å²) in [4.78, 5) is 13.0. The molecule has 1 amide bonds. The number of ether oxygens (including phenoxy) is 2. The van der Waals surface area contributed by atoms with Crippen LogP contribution < -0.4 is 14.4 Å². The number of aryl methyl sites for hydroxylation is 1. The molecule has 0 aromatic heterocycles. The largest absolute Gasteiger partial charge is 0.476 e. The molecule has 3 aromatic rings. The lowest BCUT2D eigenvalue weighted by molar-refractivity contribution is -0.128. The lowest BCUT2D eigenvalue weighted by atomic mass is 10.1. The first kappa shape index (κ1) is 22.8. The van der Waals surface area contributed by atoms with Crippen molar-refractivity contribution in [3.05, 3.63) is 90.0 Å². The van der Waals surface area contributed by atoms with E-state index in [9.17, 15) is 13.2 Å². The van der Waals surface area contributed by atoms with Gasteiger partial charge in [0, 0.05) is 6.54 Å². The highest BCUT2D eigenvalue weighted by Crippen LogP contribution is 2.37. The molecule has 0 saturated heterocycles. The van der Waals surface area contributed by atoms with Gasteiger partial charge in [-0.15, -0.1) is 0 Å². The number of nitrogens with one attached hydrogen (secondary N) is 1. The van der Waals surface area contributed by atoms with Crippen LogP contribution in [0, 0.1) is 6.92 Å². The molecular formula is C25H26N2O5S. The van der Waals surface area contributed by atoms with E-state index < -0.39 is 22.0 Å². The summed E-state index contributed by atoms with van der Waals surface area (Å²) < 4.78 is 39.5. The van der Waals surface area contributed by atoms with Crippen molar-refractivity contribution in [3.8, 4) is 5.75 Å². The molecular weight excluding hydrogens is 440 g/mol. The summed E-state index contributed by atoms with van der Waals surface area (Å²) in [7, 11) is -3.87. The fraction of sp³-hybridized carbons (Fsp3) is 0.240. The number of carbonyl (C=O) groups excluding carboxylic acids is 1. The molecule has 1 heterocycles. The van der Waals surface area contributed by atoms with Crippen molar-refractivity contribution in [2.75, 3.05) is 24.0 Å². The van der Waals surface area contributed by atoms with Crippen molar-refractivity contribution in [3.63, 3.8) is 0 Å². The Bertz CT molecular complexity index is 1200. The summed E-state index contributed by atoms with van der Waals surface area (Å²) in [5.41, 5.74) is 2.37. The molecule has 7 nitrogen and oxygen atoms in total. The minimum absolute atomic E-state index is 0.121. The maximum Gasteiger partial charge on any atom is 0.264 e. The average Bonchev–Trinajstić information content (AvgIpc) is 2.84. The summed E-state index contributed by atoms with van der Waals surface area (Å²) in [5, 5.41) is 2.78. The van der Waals surface area contributed by atoms with Gasteiger partial charge in [-0.05, 0) is 42.3 Å². The highest BCUT2D eigenvalue weighted by atomic mass is 32.2. The summed E-state index contributed by atoms with van der Waals surface area (Å²) in [6.45, 7) is 2.82. The number of fused-ring (bicyclic) bond motifs is 1. The van der Waals surface area contributed by atoms with Crippen LogP contribution in [0.15, 0.2) is 83.8 Å². The second-order valence-corrected chi connectivity index (χ2v) is 9.62. The first-order valence-electron chi connectivity index (χ1n) is 10.7. The molecule has 0 saturated carbocycles. The predicted molar refractivity (Wildman–Crippen MR) is 126 cm³/mol. The Hall–Kier alpha value is -3.36. The molecule has 1 aliphatic rings. The SMILES string of the molecule is Cc1ccc2c(c1)N(S(=O)(=O)c1ccccc1)C[C@H](C(=O)NCCOCc1ccccc1)O2. The van der Waals surface area contributed by atoms with Gasteiger partial charge in [0.15, 0.2) is 6.10 Å². The van der Waals surface area contributed by atoms with Crippen molar-refractivity contribution in [1.82, 2.24) is 5.32 Å². The molecule has 0 spiro atoms. The fourth-order valence-corrected chi connectivity index (χ4v) is 5.06. The number of sulfonamides is 1. The van der Waals surface area contributed by atoms with E-state index in [4.69, 9.17) is 9.47 Å². The van der Waals surface area contributed by atoms with Crippen LogP contribution in [-0.4, -0.2) is 40.1 Å². The van der Waals surface area contributed by atoms with E-state index >= 15 is 0 Å². The number of amides is 1. The third kappa shape index (κ3) is 5.35. The number of rotatable bonds is 8. The molecule has 0 unspecified atom stereocenters. The minimum Gasteiger partial charge on any atom is -0.476 e. The molecule has 0 radical (unpaired) electrons. The van der Waals surface area contributed by atoms with Gasteiger partial charge in [0.05, 0.1) is 30.3 Å². The van der Waals surface area contributed by atoms with Gasteiger partial charge in [-0.1, -0.05) is 54.6 Å². The van der Waals surface area contributed by atoms with Crippen LogP contribution in [0.5, 0.6) is 5.75 Å². The smallest absolute Gasteiger partial charge is 0.264 e. The zero-order valence-electron chi connectivity index (χ0n) is 18.3. The second-order valence-electron chi connectivity index (χ2n) is 7.76. The first-order chi connectivity index (χ1) is 15.9. The van der Waals surface area contributed by atoms with Crippen molar-refractivity contribution in [2.24, 2.45) is 0 Å². The van der Waals surface area contributed by atoms with Crippen LogP contribution in [0.2, 0.25) is 0 Å². The van der Waals surface area contributed by atoms with Crippen molar-refractivity contribution in [1.29, 1.82) is 0 Å². The lowest BCUT2D eigenvalue weighted by Gasteiger charge is -2.35. The molecule has 3 aromatic carbocycles. The normalized spacial score (nSPS) is 15.4. The molecule has 0 aliphatic carbocycles. The van der Waals surface area contributed by atoms with Gasteiger partial charge in [-0.25, -0.2) is 8.42 Å². The van der Waals surface area contributed by atoms with E-state index in [1.165, 1.54) is 4.31 Å². The fourth-order valence-electron chi connectivity index (χ4n) is 3.57. The Kier molecular flexibility index (Phi) is 6.96. The molecule has 0 bridgehead atoms. The number of carbonyl (C=O) groups is 1. The van der Waals surface area contributed by atoms with Gasteiger partial charge in [-0.3, -0.25) is 9.10 Å². The number of hydrogen-bond donors (Lipinski definition) is 1. The van der Waals surface area contributed by atoms with E-state index in [0.29, 0.717) is 24.7 Å². The van der Waals surface area contributed by atoms with E-state index in [2.05, 4.69) is 5.32 Å². The average molecular weight is 467 g/mol. The summed E-state index contributed by atoms with van der Waals surface area (Å²) in [5.74, 6) is -0.0374. The maximum atomic E-state index is 13.4. The highest BCUT2D eigenvalue weighted by Gasteiger charge is 2.37. The molecule has 172 valence electrons. The van der Waals surface area contributed by atoms with Crippen LogP contribution in [0.4, 0.5) is 5.69 Å². The third-order valence-corrected chi connectivity index (χ3v) is 7.06.